The summed E-state index contributed by atoms with van der Waals surface area (Å²) in [7, 11) is 3.44. The van der Waals surface area contributed by atoms with Gasteiger partial charge < -0.3 is 15.0 Å². The summed E-state index contributed by atoms with van der Waals surface area (Å²) in [5.74, 6) is 0.901. The number of hydrogen-bond donors (Lipinski definition) is 3. The zero-order valence-electron chi connectivity index (χ0n) is 24.2. The first kappa shape index (κ1) is 31.8. The summed E-state index contributed by atoms with van der Waals surface area (Å²) in [6, 6.07) is 0. The molecule has 1 amide bonds. The van der Waals surface area contributed by atoms with E-state index in [-0.39, 0.29) is 11.8 Å². The molecule has 9 nitrogen and oxygen atoms in total. The summed E-state index contributed by atoms with van der Waals surface area (Å²) in [6.45, 7) is 4.55. The summed E-state index contributed by atoms with van der Waals surface area (Å²) in [5.41, 5.74) is 0.0277. The van der Waals surface area contributed by atoms with E-state index in [0.717, 1.165) is 76.5 Å². The smallest absolute Gasteiger partial charge is 0.329 e. The van der Waals surface area contributed by atoms with Crippen LogP contribution in [0.1, 0.15) is 116 Å². The van der Waals surface area contributed by atoms with Crippen molar-refractivity contribution in [3.05, 3.63) is 26.7 Å². The molecular weight excluding hydrogens is 482 g/mol. The number of imidazole rings is 1. The van der Waals surface area contributed by atoms with Crippen LogP contribution < -0.4 is 16.6 Å². The van der Waals surface area contributed by atoms with E-state index in [4.69, 9.17) is 0 Å². The number of carbonyl (C=O) groups is 1. The van der Waals surface area contributed by atoms with Crippen molar-refractivity contribution in [2.24, 2.45) is 20.0 Å². The lowest BCUT2D eigenvalue weighted by molar-refractivity contribution is -0.125. The second-order valence-corrected chi connectivity index (χ2v) is 10.9. The first-order chi connectivity index (χ1) is 18.3. The monoisotopic (exact) mass is 533 g/mol. The van der Waals surface area contributed by atoms with Gasteiger partial charge >= 0.3 is 5.69 Å². The standard InChI is InChI=1S/C29H51N5O4/c1-5-6-7-8-12-15-18-22(2)27(36)30-21-23(35)19-16-13-10-9-11-14-17-20-24-31-26-25(33(24)3)28(37)32-29(38)34(26)4/h22-23,35H,5-21H2,1-4H3,(H,30,36)(H,32,37,38). The minimum absolute atomic E-state index is 0.0150. The Hall–Kier alpha value is -2.42. The van der Waals surface area contributed by atoms with Crippen LogP contribution in [0.4, 0.5) is 0 Å². The van der Waals surface area contributed by atoms with Crippen LogP contribution in [0.25, 0.3) is 11.2 Å². The van der Waals surface area contributed by atoms with Crippen molar-refractivity contribution in [2.45, 2.75) is 123 Å². The highest BCUT2D eigenvalue weighted by atomic mass is 16.3. The molecule has 0 spiro atoms. The molecule has 0 radical (unpaired) electrons. The van der Waals surface area contributed by atoms with E-state index < -0.39 is 17.4 Å². The molecule has 0 aliphatic carbocycles. The molecule has 2 heterocycles. The van der Waals surface area contributed by atoms with Gasteiger partial charge in [0.25, 0.3) is 5.56 Å². The number of nitrogens with one attached hydrogen (secondary N) is 2. The number of rotatable bonds is 20. The Balaban J connectivity index is 1.50. The summed E-state index contributed by atoms with van der Waals surface area (Å²) in [4.78, 5) is 43.0. The largest absolute Gasteiger partial charge is 0.391 e. The van der Waals surface area contributed by atoms with Crippen molar-refractivity contribution >= 4 is 17.1 Å². The van der Waals surface area contributed by atoms with E-state index >= 15 is 0 Å². The number of aryl methyl sites for hydroxylation is 3. The van der Waals surface area contributed by atoms with Crippen LogP contribution >= 0.6 is 0 Å². The Kier molecular flexibility index (Phi) is 14.4. The molecule has 2 aromatic rings. The lowest BCUT2D eigenvalue weighted by Crippen LogP contribution is -2.35. The number of fused-ring (bicyclic) bond motifs is 1. The highest BCUT2D eigenvalue weighted by molar-refractivity contribution is 5.78. The van der Waals surface area contributed by atoms with Gasteiger partial charge in [0, 0.05) is 33.0 Å². The van der Waals surface area contributed by atoms with Crippen molar-refractivity contribution in [3.8, 4) is 0 Å². The molecule has 2 unspecified atom stereocenters. The number of aromatic nitrogens is 4. The summed E-state index contributed by atoms with van der Waals surface area (Å²) < 4.78 is 3.17. The van der Waals surface area contributed by atoms with Crippen LogP contribution in [-0.2, 0) is 25.3 Å². The Morgan fingerprint density at radius 3 is 2.13 bits per heavy atom. The quantitative estimate of drug-likeness (QED) is 0.217. The molecule has 2 aromatic heterocycles. The maximum absolute atomic E-state index is 12.3. The van der Waals surface area contributed by atoms with Crippen LogP contribution in [0.3, 0.4) is 0 Å². The Labute approximate surface area is 227 Å². The number of nitrogens with zero attached hydrogens (tertiary/aromatic N) is 3. The summed E-state index contributed by atoms with van der Waals surface area (Å²) in [5, 5.41) is 13.1. The third kappa shape index (κ3) is 10.4. The average Bonchev–Trinajstić information content (AvgIpc) is 3.23. The fourth-order valence-corrected chi connectivity index (χ4v) is 4.98. The maximum atomic E-state index is 12.3. The molecule has 3 N–H and O–H groups in total. The lowest BCUT2D eigenvalue weighted by atomic mass is 10.0. The number of carbonyl (C=O) groups excluding carboxylic acids is 1. The van der Waals surface area contributed by atoms with Crippen molar-refractivity contribution in [1.82, 2.24) is 24.4 Å². The Morgan fingerprint density at radius 1 is 0.895 bits per heavy atom. The molecule has 0 bridgehead atoms. The molecule has 2 atom stereocenters. The number of unbranched alkanes of at least 4 members (excludes halogenated alkanes) is 11. The third-order valence-electron chi connectivity index (χ3n) is 7.62. The van der Waals surface area contributed by atoms with E-state index in [1.165, 1.54) is 36.7 Å². The zero-order chi connectivity index (χ0) is 27.9. The highest BCUT2D eigenvalue weighted by Gasteiger charge is 2.15. The van der Waals surface area contributed by atoms with Crippen LogP contribution in [0.15, 0.2) is 9.59 Å². The number of aliphatic hydroxyl groups is 1. The second-order valence-electron chi connectivity index (χ2n) is 10.9. The number of aromatic amines is 1. The first-order valence-electron chi connectivity index (χ1n) is 14.9. The van der Waals surface area contributed by atoms with Gasteiger partial charge in [0.2, 0.25) is 5.91 Å². The molecule has 0 saturated heterocycles. The van der Waals surface area contributed by atoms with Gasteiger partial charge in [-0.2, -0.15) is 0 Å². The second kappa shape index (κ2) is 17.2. The number of aliphatic hydroxyl groups excluding tert-OH is 1. The van der Waals surface area contributed by atoms with Crippen molar-refractivity contribution in [1.29, 1.82) is 0 Å². The van der Waals surface area contributed by atoms with Crippen LogP contribution in [0, 0.1) is 5.92 Å². The van der Waals surface area contributed by atoms with Gasteiger partial charge in [-0.05, 0) is 19.3 Å². The molecule has 0 aliphatic rings. The predicted molar refractivity (Wildman–Crippen MR) is 153 cm³/mol. The third-order valence-corrected chi connectivity index (χ3v) is 7.62. The molecule has 216 valence electrons. The van der Waals surface area contributed by atoms with Crippen LogP contribution in [0.5, 0.6) is 0 Å². The van der Waals surface area contributed by atoms with E-state index in [1.54, 1.807) is 11.6 Å². The molecule has 9 heteroatoms. The summed E-state index contributed by atoms with van der Waals surface area (Å²) in [6.07, 6.45) is 16.9. The number of hydrogen-bond acceptors (Lipinski definition) is 5. The van der Waals surface area contributed by atoms with Gasteiger partial charge in [0.05, 0.1) is 6.10 Å². The average molecular weight is 534 g/mol. The number of amides is 1. The van der Waals surface area contributed by atoms with Gasteiger partial charge in [-0.1, -0.05) is 90.9 Å². The van der Waals surface area contributed by atoms with Crippen LogP contribution in [-0.4, -0.2) is 42.8 Å². The van der Waals surface area contributed by atoms with Gasteiger partial charge in [-0.25, -0.2) is 9.78 Å². The van der Waals surface area contributed by atoms with E-state index in [9.17, 15) is 19.5 Å². The van der Waals surface area contributed by atoms with Gasteiger partial charge in [0.15, 0.2) is 11.2 Å². The van der Waals surface area contributed by atoms with Crippen molar-refractivity contribution in [3.63, 3.8) is 0 Å². The molecule has 38 heavy (non-hydrogen) atoms. The van der Waals surface area contributed by atoms with Crippen LogP contribution in [0.2, 0.25) is 0 Å². The molecule has 0 aliphatic heterocycles. The number of H-pyrrole nitrogens is 1. The highest BCUT2D eigenvalue weighted by Crippen LogP contribution is 2.15. The fourth-order valence-electron chi connectivity index (χ4n) is 4.98. The molecule has 0 aromatic carbocycles. The van der Waals surface area contributed by atoms with E-state index in [1.807, 2.05) is 14.0 Å². The normalized spacial score (nSPS) is 13.2. The SMILES string of the molecule is CCCCCCCCC(C)C(=O)NCC(O)CCCCCCCCCc1nc2c(c(=O)[nH]c(=O)n2C)n1C. The molecular formula is C29H51N5O4. The van der Waals surface area contributed by atoms with Gasteiger partial charge in [-0.15, -0.1) is 0 Å². The van der Waals surface area contributed by atoms with E-state index in [0.29, 0.717) is 17.7 Å². The maximum Gasteiger partial charge on any atom is 0.329 e. The topological polar surface area (TPSA) is 122 Å². The molecule has 2 rings (SSSR count). The Bertz CT molecular complexity index is 1090. The predicted octanol–water partition coefficient (Wildman–Crippen LogP) is 4.49. The molecule has 0 saturated carbocycles. The van der Waals surface area contributed by atoms with Gasteiger partial charge in [0.1, 0.15) is 5.82 Å². The zero-order valence-corrected chi connectivity index (χ0v) is 24.2. The Morgan fingerprint density at radius 2 is 1.47 bits per heavy atom. The molecule has 0 fully saturated rings. The van der Waals surface area contributed by atoms with Crippen molar-refractivity contribution in [2.75, 3.05) is 6.54 Å². The first-order valence-corrected chi connectivity index (χ1v) is 14.9. The summed E-state index contributed by atoms with van der Waals surface area (Å²) >= 11 is 0. The van der Waals surface area contributed by atoms with Gasteiger partial charge in [-0.3, -0.25) is 19.1 Å². The minimum Gasteiger partial charge on any atom is -0.391 e. The fraction of sp³-hybridized carbons (Fsp3) is 0.793. The lowest BCUT2D eigenvalue weighted by Gasteiger charge is -2.15. The van der Waals surface area contributed by atoms with E-state index in [2.05, 4.69) is 22.2 Å². The van der Waals surface area contributed by atoms with Crippen molar-refractivity contribution < 1.29 is 9.90 Å². The minimum atomic E-state index is -0.472.